The minimum atomic E-state index is -0.167. The summed E-state index contributed by atoms with van der Waals surface area (Å²) in [4.78, 5) is 12.5. The summed E-state index contributed by atoms with van der Waals surface area (Å²) >= 11 is 6.14. The fourth-order valence-corrected chi connectivity index (χ4v) is 2.84. The summed E-state index contributed by atoms with van der Waals surface area (Å²) < 4.78 is 5.79. The Hall–Kier alpha value is -2.78. The number of anilines is 1. The fourth-order valence-electron chi connectivity index (χ4n) is 2.65. The zero-order valence-corrected chi connectivity index (χ0v) is 15.5. The molecule has 1 N–H and O–H groups in total. The van der Waals surface area contributed by atoms with E-state index in [1.54, 1.807) is 18.2 Å². The van der Waals surface area contributed by atoms with Crippen LogP contribution in [0.15, 0.2) is 66.7 Å². The van der Waals surface area contributed by atoms with Crippen LogP contribution >= 0.6 is 11.6 Å². The molecular weight excluding hydrogens is 346 g/mol. The summed E-state index contributed by atoms with van der Waals surface area (Å²) in [5.41, 5.74) is 4.45. The number of hydrogen-bond acceptors (Lipinski definition) is 2. The second-order valence-electron chi connectivity index (χ2n) is 6.18. The van der Waals surface area contributed by atoms with E-state index in [2.05, 4.69) is 5.32 Å². The molecule has 1 amide bonds. The SMILES string of the molecule is Cc1ccc(NC(=O)c2cccc(OCc3ccccc3Cl)c2)c(C)c1. The maximum absolute atomic E-state index is 12.5. The summed E-state index contributed by atoms with van der Waals surface area (Å²) in [5, 5.41) is 3.61. The normalized spacial score (nSPS) is 10.4. The topological polar surface area (TPSA) is 38.3 Å². The van der Waals surface area contributed by atoms with Crippen molar-refractivity contribution >= 4 is 23.2 Å². The zero-order chi connectivity index (χ0) is 18.5. The third-order valence-corrected chi connectivity index (χ3v) is 4.45. The van der Waals surface area contributed by atoms with Crippen LogP contribution in [0.1, 0.15) is 27.0 Å². The van der Waals surface area contributed by atoms with Crippen molar-refractivity contribution in [2.75, 3.05) is 5.32 Å². The van der Waals surface area contributed by atoms with Crippen LogP contribution in [0.2, 0.25) is 5.02 Å². The van der Waals surface area contributed by atoms with E-state index >= 15 is 0 Å². The number of benzene rings is 3. The van der Waals surface area contributed by atoms with Crippen LogP contribution in [0.5, 0.6) is 5.75 Å². The number of rotatable bonds is 5. The lowest BCUT2D eigenvalue weighted by atomic mass is 10.1. The highest BCUT2D eigenvalue weighted by Gasteiger charge is 2.09. The lowest BCUT2D eigenvalue weighted by molar-refractivity contribution is 0.102. The van der Waals surface area contributed by atoms with E-state index in [0.717, 1.165) is 22.4 Å². The molecule has 0 aliphatic heterocycles. The maximum atomic E-state index is 12.5. The van der Waals surface area contributed by atoms with Gasteiger partial charge in [0.1, 0.15) is 12.4 Å². The first-order valence-electron chi connectivity index (χ1n) is 8.38. The smallest absolute Gasteiger partial charge is 0.255 e. The minimum Gasteiger partial charge on any atom is -0.489 e. The molecule has 0 aliphatic rings. The van der Waals surface area contributed by atoms with Gasteiger partial charge in [-0.1, -0.05) is 53.6 Å². The molecule has 0 heterocycles. The molecule has 0 aliphatic carbocycles. The zero-order valence-electron chi connectivity index (χ0n) is 14.8. The van der Waals surface area contributed by atoms with Crippen LogP contribution in [0.25, 0.3) is 0 Å². The Morgan fingerprint density at radius 1 is 1.00 bits per heavy atom. The Labute approximate surface area is 158 Å². The molecule has 0 aromatic heterocycles. The number of aryl methyl sites for hydroxylation is 2. The molecule has 0 fully saturated rings. The summed E-state index contributed by atoms with van der Waals surface area (Å²) in [7, 11) is 0. The van der Waals surface area contributed by atoms with Crippen LogP contribution in [0.3, 0.4) is 0 Å². The number of carbonyl (C=O) groups is 1. The second-order valence-corrected chi connectivity index (χ2v) is 6.59. The molecule has 132 valence electrons. The van der Waals surface area contributed by atoms with Crippen molar-refractivity contribution in [3.63, 3.8) is 0 Å². The van der Waals surface area contributed by atoms with E-state index in [1.807, 2.05) is 62.4 Å². The van der Waals surface area contributed by atoms with Gasteiger partial charge in [0.25, 0.3) is 5.91 Å². The molecule has 0 bridgehead atoms. The van der Waals surface area contributed by atoms with Crippen LogP contribution in [-0.4, -0.2) is 5.91 Å². The first-order valence-corrected chi connectivity index (χ1v) is 8.75. The molecule has 3 aromatic rings. The van der Waals surface area contributed by atoms with Gasteiger partial charge < -0.3 is 10.1 Å². The van der Waals surface area contributed by atoms with E-state index in [-0.39, 0.29) is 5.91 Å². The van der Waals surface area contributed by atoms with Crippen LogP contribution < -0.4 is 10.1 Å². The van der Waals surface area contributed by atoms with Crippen molar-refractivity contribution in [3.05, 3.63) is 94.0 Å². The highest BCUT2D eigenvalue weighted by molar-refractivity contribution is 6.31. The van der Waals surface area contributed by atoms with Crippen molar-refractivity contribution in [1.29, 1.82) is 0 Å². The average molecular weight is 366 g/mol. The third kappa shape index (κ3) is 4.44. The molecule has 0 spiro atoms. The number of hydrogen-bond donors (Lipinski definition) is 1. The van der Waals surface area contributed by atoms with Crippen molar-refractivity contribution < 1.29 is 9.53 Å². The first kappa shape index (κ1) is 18.0. The summed E-state index contributed by atoms with van der Waals surface area (Å²) in [5.74, 6) is 0.457. The molecule has 0 unspecified atom stereocenters. The van der Waals surface area contributed by atoms with Crippen molar-refractivity contribution in [2.24, 2.45) is 0 Å². The van der Waals surface area contributed by atoms with Gasteiger partial charge in [-0.3, -0.25) is 4.79 Å². The van der Waals surface area contributed by atoms with E-state index in [0.29, 0.717) is 22.9 Å². The lowest BCUT2D eigenvalue weighted by Gasteiger charge is -2.11. The standard InChI is InChI=1S/C22H20ClNO2/c1-15-10-11-21(16(2)12-15)24-22(25)17-7-5-8-19(13-17)26-14-18-6-3-4-9-20(18)23/h3-13H,14H2,1-2H3,(H,24,25). The van der Waals surface area contributed by atoms with Gasteiger partial charge in [-0.25, -0.2) is 0 Å². The molecule has 0 atom stereocenters. The minimum absolute atomic E-state index is 0.167. The summed E-state index contributed by atoms with van der Waals surface area (Å²) in [6, 6.07) is 20.6. The number of halogens is 1. The monoisotopic (exact) mass is 365 g/mol. The third-order valence-electron chi connectivity index (χ3n) is 4.08. The van der Waals surface area contributed by atoms with Crippen molar-refractivity contribution in [3.8, 4) is 5.75 Å². The molecule has 3 rings (SSSR count). The number of ether oxygens (including phenoxy) is 1. The predicted molar refractivity (Wildman–Crippen MR) is 106 cm³/mol. The van der Waals surface area contributed by atoms with E-state index < -0.39 is 0 Å². The molecule has 0 saturated carbocycles. The Balaban J connectivity index is 1.70. The van der Waals surface area contributed by atoms with Gasteiger partial charge in [-0.2, -0.15) is 0 Å². The number of nitrogens with one attached hydrogen (secondary N) is 1. The predicted octanol–water partition coefficient (Wildman–Crippen LogP) is 5.79. The van der Waals surface area contributed by atoms with Crippen molar-refractivity contribution in [2.45, 2.75) is 20.5 Å². The molecule has 3 aromatic carbocycles. The van der Waals surface area contributed by atoms with Gasteiger partial charge >= 0.3 is 0 Å². The number of amides is 1. The fraction of sp³-hybridized carbons (Fsp3) is 0.136. The Bertz CT molecular complexity index is 937. The van der Waals surface area contributed by atoms with Crippen LogP contribution in [0.4, 0.5) is 5.69 Å². The second kappa shape index (κ2) is 8.07. The molecule has 3 nitrogen and oxygen atoms in total. The van der Waals surface area contributed by atoms with Gasteiger partial charge in [0.2, 0.25) is 0 Å². The van der Waals surface area contributed by atoms with Crippen LogP contribution in [0, 0.1) is 13.8 Å². The van der Waals surface area contributed by atoms with Crippen LogP contribution in [-0.2, 0) is 6.61 Å². The molecule has 26 heavy (non-hydrogen) atoms. The Morgan fingerprint density at radius 3 is 2.58 bits per heavy atom. The van der Waals surface area contributed by atoms with Gasteiger partial charge in [-0.05, 0) is 49.7 Å². The van der Waals surface area contributed by atoms with E-state index in [9.17, 15) is 4.79 Å². The number of carbonyl (C=O) groups excluding carboxylic acids is 1. The molecular formula is C22H20ClNO2. The van der Waals surface area contributed by atoms with E-state index in [1.165, 1.54) is 0 Å². The highest BCUT2D eigenvalue weighted by Crippen LogP contribution is 2.21. The molecule has 4 heteroatoms. The Morgan fingerprint density at radius 2 is 1.81 bits per heavy atom. The summed E-state index contributed by atoms with van der Waals surface area (Å²) in [6.45, 7) is 4.35. The highest BCUT2D eigenvalue weighted by atomic mass is 35.5. The summed E-state index contributed by atoms with van der Waals surface area (Å²) in [6.07, 6.45) is 0. The Kier molecular flexibility index (Phi) is 5.59. The van der Waals surface area contributed by atoms with Gasteiger partial charge in [0, 0.05) is 21.8 Å². The lowest BCUT2D eigenvalue weighted by Crippen LogP contribution is -2.13. The largest absolute Gasteiger partial charge is 0.489 e. The van der Waals surface area contributed by atoms with Gasteiger partial charge in [0.15, 0.2) is 0 Å². The molecule has 0 radical (unpaired) electrons. The molecule has 0 saturated heterocycles. The van der Waals surface area contributed by atoms with E-state index in [4.69, 9.17) is 16.3 Å². The van der Waals surface area contributed by atoms with Gasteiger partial charge in [0.05, 0.1) is 0 Å². The maximum Gasteiger partial charge on any atom is 0.255 e. The van der Waals surface area contributed by atoms with Crippen molar-refractivity contribution in [1.82, 2.24) is 0 Å². The quantitative estimate of drug-likeness (QED) is 0.621. The first-order chi connectivity index (χ1) is 12.5. The average Bonchev–Trinajstić information content (AvgIpc) is 2.63. The van der Waals surface area contributed by atoms with Gasteiger partial charge in [-0.15, -0.1) is 0 Å².